The Morgan fingerprint density at radius 1 is 1.77 bits per heavy atom. The first-order chi connectivity index (χ1) is 5.91. The molecule has 0 aromatic heterocycles. The summed E-state index contributed by atoms with van der Waals surface area (Å²) in [7, 11) is 0. The predicted octanol–water partition coefficient (Wildman–Crippen LogP) is 0.951. The second kappa shape index (κ2) is 3.59. The summed E-state index contributed by atoms with van der Waals surface area (Å²) in [5.74, 6) is -2.17. The van der Waals surface area contributed by atoms with Crippen LogP contribution in [-0.2, 0) is 14.3 Å². The van der Waals surface area contributed by atoms with E-state index in [9.17, 15) is 9.18 Å². The summed E-state index contributed by atoms with van der Waals surface area (Å²) >= 11 is 0. The fourth-order valence-corrected chi connectivity index (χ4v) is 1.21. The fraction of sp³-hybridized carbons (Fsp3) is 0.875. The minimum atomic E-state index is -1.87. The fourth-order valence-electron chi connectivity index (χ4n) is 1.21. The molecular formula is C8H13FO4. The van der Waals surface area contributed by atoms with E-state index < -0.39 is 24.0 Å². The number of rotatable bonds is 3. The third-order valence-corrected chi connectivity index (χ3v) is 1.81. The Morgan fingerprint density at radius 3 is 2.77 bits per heavy atom. The highest BCUT2D eigenvalue weighted by atomic mass is 19.1. The lowest BCUT2D eigenvalue weighted by Gasteiger charge is -2.17. The molecule has 0 saturated carbocycles. The SMILES string of the molecule is CC1(C)OC[C@H](C[C@@H](F)C(=O)O)O1. The molecule has 0 aromatic rings. The van der Waals surface area contributed by atoms with E-state index in [1.165, 1.54) is 0 Å². The Hall–Kier alpha value is -0.680. The number of carbonyl (C=O) groups is 1. The normalized spacial score (nSPS) is 28.7. The molecule has 1 rings (SSSR count). The first-order valence-electron chi connectivity index (χ1n) is 4.09. The molecule has 1 aliphatic rings. The number of hydrogen-bond acceptors (Lipinski definition) is 3. The topological polar surface area (TPSA) is 55.8 Å². The Labute approximate surface area is 75.6 Å². The van der Waals surface area contributed by atoms with Gasteiger partial charge in [0.15, 0.2) is 12.0 Å². The van der Waals surface area contributed by atoms with Gasteiger partial charge in [-0.3, -0.25) is 0 Å². The number of carboxylic acid groups (broad SMARTS) is 1. The van der Waals surface area contributed by atoms with Gasteiger partial charge in [0.05, 0.1) is 12.7 Å². The van der Waals surface area contributed by atoms with E-state index in [0.717, 1.165) is 0 Å². The number of halogens is 1. The van der Waals surface area contributed by atoms with Gasteiger partial charge in [-0.25, -0.2) is 9.18 Å². The van der Waals surface area contributed by atoms with Crippen LogP contribution >= 0.6 is 0 Å². The van der Waals surface area contributed by atoms with Crippen molar-refractivity contribution in [2.24, 2.45) is 0 Å². The van der Waals surface area contributed by atoms with E-state index in [1.54, 1.807) is 13.8 Å². The second-order valence-electron chi connectivity index (χ2n) is 3.49. The van der Waals surface area contributed by atoms with Crippen molar-refractivity contribution in [3.8, 4) is 0 Å². The molecule has 5 heteroatoms. The van der Waals surface area contributed by atoms with Gasteiger partial charge in [0.2, 0.25) is 0 Å². The van der Waals surface area contributed by atoms with Crippen molar-refractivity contribution in [3.63, 3.8) is 0 Å². The van der Waals surface area contributed by atoms with Gasteiger partial charge >= 0.3 is 5.97 Å². The van der Waals surface area contributed by atoms with Crippen LogP contribution in [-0.4, -0.2) is 35.7 Å². The van der Waals surface area contributed by atoms with E-state index in [-0.39, 0.29) is 13.0 Å². The molecule has 0 amide bonds. The third-order valence-electron chi connectivity index (χ3n) is 1.81. The van der Waals surface area contributed by atoms with Crippen LogP contribution in [0.1, 0.15) is 20.3 Å². The molecule has 1 heterocycles. The van der Waals surface area contributed by atoms with E-state index in [2.05, 4.69) is 0 Å². The van der Waals surface area contributed by atoms with Crippen molar-refractivity contribution in [1.29, 1.82) is 0 Å². The van der Waals surface area contributed by atoms with Gasteiger partial charge in [-0.05, 0) is 13.8 Å². The van der Waals surface area contributed by atoms with Crippen molar-refractivity contribution in [1.82, 2.24) is 0 Å². The highest BCUT2D eigenvalue weighted by molar-refractivity contribution is 5.72. The Kier molecular flexibility index (Phi) is 2.87. The molecule has 1 aliphatic heterocycles. The average Bonchev–Trinajstić information content (AvgIpc) is 2.30. The van der Waals surface area contributed by atoms with E-state index >= 15 is 0 Å². The zero-order chi connectivity index (χ0) is 10.1. The van der Waals surface area contributed by atoms with Crippen molar-refractivity contribution >= 4 is 5.97 Å². The molecule has 0 aromatic carbocycles. The lowest BCUT2D eigenvalue weighted by Crippen LogP contribution is -2.26. The summed E-state index contributed by atoms with van der Waals surface area (Å²) in [6.07, 6.45) is -2.48. The average molecular weight is 192 g/mol. The molecule has 0 spiro atoms. The molecular weight excluding hydrogens is 179 g/mol. The third kappa shape index (κ3) is 2.93. The van der Waals surface area contributed by atoms with Gasteiger partial charge in [0.25, 0.3) is 0 Å². The van der Waals surface area contributed by atoms with Crippen LogP contribution in [0, 0.1) is 0 Å². The molecule has 0 bridgehead atoms. The van der Waals surface area contributed by atoms with E-state index in [4.69, 9.17) is 14.6 Å². The molecule has 2 atom stereocenters. The van der Waals surface area contributed by atoms with Gasteiger partial charge in [-0.2, -0.15) is 0 Å². The highest BCUT2D eigenvalue weighted by Crippen LogP contribution is 2.25. The smallest absolute Gasteiger partial charge is 0.338 e. The number of aliphatic carboxylic acids is 1. The number of ether oxygens (including phenoxy) is 2. The zero-order valence-corrected chi connectivity index (χ0v) is 7.62. The molecule has 0 aliphatic carbocycles. The summed E-state index contributed by atoms with van der Waals surface area (Å²) in [6, 6.07) is 0. The lowest BCUT2D eigenvalue weighted by atomic mass is 10.2. The zero-order valence-electron chi connectivity index (χ0n) is 7.62. The van der Waals surface area contributed by atoms with Crippen LogP contribution in [0.2, 0.25) is 0 Å². The quantitative estimate of drug-likeness (QED) is 0.723. The van der Waals surface area contributed by atoms with Crippen molar-refractivity contribution in [2.45, 2.75) is 38.3 Å². The van der Waals surface area contributed by atoms with E-state index in [1.807, 2.05) is 0 Å². The summed E-state index contributed by atoms with van der Waals surface area (Å²) in [5, 5.41) is 8.30. The van der Waals surface area contributed by atoms with Gasteiger partial charge in [0.1, 0.15) is 0 Å². The van der Waals surface area contributed by atoms with Gasteiger partial charge in [0, 0.05) is 6.42 Å². The Morgan fingerprint density at radius 2 is 2.38 bits per heavy atom. The van der Waals surface area contributed by atoms with Crippen molar-refractivity contribution in [3.05, 3.63) is 0 Å². The molecule has 0 radical (unpaired) electrons. The minimum Gasteiger partial charge on any atom is -0.479 e. The van der Waals surface area contributed by atoms with Gasteiger partial charge in [-0.15, -0.1) is 0 Å². The molecule has 1 saturated heterocycles. The number of carboxylic acids is 1. The summed E-state index contributed by atoms with van der Waals surface area (Å²) < 4.78 is 23.1. The van der Waals surface area contributed by atoms with Crippen LogP contribution in [0.25, 0.3) is 0 Å². The minimum absolute atomic E-state index is 0.154. The molecule has 1 fully saturated rings. The lowest BCUT2D eigenvalue weighted by molar-refractivity contribution is -0.150. The predicted molar refractivity (Wildman–Crippen MR) is 42.1 cm³/mol. The van der Waals surface area contributed by atoms with Crippen LogP contribution < -0.4 is 0 Å². The molecule has 1 N–H and O–H groups in total. The van der Waals surface area contributed by atoms with Crippen LogP contribution in [0.5, 0.6) is 0 Å². The van der Waals surface area contributed by atoms with Crippen LogP contribution in [0.15, 0.2) is 0 Å². The maximum absolute atomic E-state index is 12.7. The molecule has 76 valence electrons. The first kappa shape index (κ1) is 10.4. The van der Waals surface area contributed by atoms with Crippen molar-refractivity contribution in [2.75, 3.05) is 6.61 Å². The highest BCUT2D eigenvalue weighted by Gasteiger charge is 2.35. The number of alkyl halides is 1. The second-order valence-corrected chi connectivity index (χ2v) is 3.49. The Bertz CT molecular complexity index is 204. The number of hydrogen-bond donors (Lipinski definition) is 1. The first-order valence-corrected chi connectivity index (χ1v) is 4.09. The largest absolute Gasteiger partial charge is 0.479 e. The maximum atomic E-state index is 12.7. The molecule has 0 unspecified atom stereocenters. The summed E-state index contributed by atoms with van der Waals surface area (Å²) in [4.78, 5) is 10.2. The summed E-state index contributed by atoms with van der Waals surface area (Å²) in [5.41, 5.74) is 0. The van der Waals surface area contributed by atoms with Crippen molar-refractivity contribution < 1.29 is 23.8 Å². The monoisotopic (exact) mass is 192 g/mol. The summed E-state index contributed by atoms with van der Waals surface area (Å²) in [6.45, 7) is 3.67. The molecule has 13 heavy (non-hydrogen) atoms. The standard InChI is InChI=1S/C8H13FO4/c1-8(2)12-4-5(13-8)3-6(9)7(10)11/h5-6H,3-4H2,1-2H3,(H,10,11)/t5-,6+/m0/s1. The van der Waals surface area contributed by atoms with Crippen LogP contribution in [0.4, 0.5) is 4.39 Å². The maximum Gasteiger partial charge on any atom is 0.338 e. The van der Waals surface area contributed by atoms with Gasteiger partial charge in [-0.1, -0.05) is 0 Å². The van der Waals surface area contributed by atoms with Gasteiger partial charge < -0.3 is 14.6 Å². The van der Waals surface area contributed by atoms with Crippen LogP contribution in [0.3, 0.4) is 0 Å². The Balaban J connectivity index is 2.36. The molecule has 4 nitrogen and oxygen atoms in total. The van der Waals surface area contributed by atoms with E-state index in [0.29, 0.717) is 0 Å².